The van der Waals surface area contributed by atoms with Crippen molar-refractivity contribution in [2.75, 3.05) is 0 Å². The van der Waals surface area contributed by atoms with Crippen LogP contribution in [0.3, 0.4) is 0 Å². The minimum absolute atomic E-state index is 0.250. The summed E-state index contributed by atoms with van der Waals surface area (Å²) in [5, 5.41) is 7.28. The number of hydrogen-bond donors (Lipinski definition) is 0. The SMILES string of the molecule is O=c1ccc2cc(OCc3cc(-c4cccc5ccccc45)no3)ccc2o1. The number of aromatic nitrogens is 1. The van der Waals surface area contributed by atoms with E-state index in [1.54, 1.807) is 18.2 Å². The Bertz CT molecular complexity index is 1340. The van der Waals surface area contributed by atoms with Crippen LogP contribution < -0.4 is 10.4 Å². The Labute approximate surface area is 159 Å². The van der Waals surface area contributed by atoms with Crippen LogP contribution in [0.25, 0.3) is 33.0 Å². The molecule has 0 amide bonds. The van der Waals surface area contributed by atoms with Gasteiger partial charge in [0.05, 0.1) is 0 Å². The predicted molar refractivity (Wildman–Crippen MR) is 106 cm³/mol. The first-order chi connectivity index (χ1) is 13.8. The van der Waals surface area contributed by atoms with Crippen molar-refractivity contribution in [1.29, 1.82) is 0 Å². The van der Waals surface area contributed by atoms with Crippen LogP contribution in [0.5, 0.6) is 5.75 Å². The molecule has 0 saturated heterocycles. The summed E-state index contributed by atoms with van der Waals surface area (Å²) in [7, 11) is 0. The van der Waals surface area contributed by atoms with Gasteiger partial charge in [0.2, 0.25) is 0 Å². The molecular weight excluding hydrogens is 354 g/mol. The Morgan fingerprint density at radius 3 is 2.71 bits per heavy atom. The number of fused-ring (bicyclic) bond motifs is 2. The fourth-order valence-electron chi connectivity index (χ4n) is 3.25. The Morgan fingerprint density at radius 2 is 1.75 bits per heavy atom. The topological polar surface area (TPSA) is 65.5 Å². The van der Waals surface area contributed by atoms with Gasteiger partial charge in [-0.3, -0.25) is 0 Å². The summed E-state index contributed by atoms with van der Waals surface area (Å²) in [5.41, 5.74) is 1.95. The normalized spacial score (nSPS) is 11.1. The molecule has 0 saturated carbocycles. The first-order valence-corrected chi connectivity index (χ1v) is 8.87. The summed E-state index contributed by atoms with van der Waals surface area (Å²) in [4.78, 5) is 11.3. The molecule has 0 unspecified atom stereocenters. The minimum Gasteiger partial charge on any atom is -0.486 e. The molecule has 5 nitrogen and oxygen atoms in total. The number of benzene rings is 3. The number of hydrogen-bond acceptors (Lipinski definition) is 5. The van der Waals surface area contributed by atoms with E-state index in [0.717, 1.165) is 27.4 Å². The van der Waals surface area contributed by atoms with Crippen LogP contribution in [0.15, 0.2) is 92.6 Å². The van der Waals surface area contributed by atoms with Gasteiger partial charge in [0.1, 0.15) is 23.6 Å². The minimum atomic E-state index is -0.371. The van der Waals surface area contributed by atoms with Crippen LogP contribution >= 0.6 is 0 Å². The van der Waals surface area contributed by atoms with Gasteiger partial charge in [0.15, 0.2) is 5.76 Å². The summed E-state index contributed by atoms with van der Waals surface area (Å²) >= 11 is 0. The highest BCUT2D eigenvalue weighted by Gasteiger charge is 2.10. The quantitative estimate of drug-likeness (QED) is 0.408. The van der Waals surface area contributed by atoms with E-state index < -0.39 is 0 Å². The van der Waals surface area contributed by atoms with Crippen LogP contribution in [0.2, 0.25) is 0 Å². The number of ether oxygens (including phenoxy) is 1. The first-order valence-electron chi connectivity index (χ1n) is 8.87. The van der Waals surface area contributed by atoms with Gasteiger partial charge in [0, 0.05) is 23.1 Å². The van der Waals surface area contributed by atoms with E-state index in [0.29, 0.717) is 17.1 Å². The monoisotopic (exact) mass is 369 g/mol. The standard InChI is InChI=1S/C23H15NO4/c25-23-11-8-16-12-17(9-10-22(16)27-23)26-14-18-13-21(24-28-18)20-7-3-5-15-4-1-2-6-19(15)20/h1-13H,14H2. The molecule has 0 aliphatic carbocycles. The van der Waals surface area contributed by atoms with Crippen LogP contribution in [0.4, 0.5) is 0 Å². The van der Waals surface area contributed by atoms with E-state index in [-0.39, 0.29) is 12.2 Å². The van der Waals surface area contributed by atoms with E-state index in [9.17, 15) is 4.79 Å². The highest BCUT2D eigenvalue weighted by Crippen LogP contribution is 2.28. The van der Waals surface area contributed by atoms with E-state index >= 15 is 0 Å². The Balaban J connectivity index is 1.38. The first kappa shape index (κ1) is 16.3. The molecule has 28 heavy (non-hydrogen) atoms. The lowest BCUT2D eigenvalue weighted by Gasteiger charge is -2.04. The molecule has 0 spiro atoms. The lowest BCUT2D eigenvalue weighted by Crippen LogP contribution is -1.96. The lowest BCUT2D eigenvalue weighted by molar-refractivity contribution is 0.250. The van der Waals surface area contributed by atoms with Crippen molar-refractivity contribution < 1.29 is 13.7 Å². The summed E-state index contributed by atoms with van der Waals surface area (Å²) in [6.45, 7) is 0.250. The largest absolute Gasteiger partial charge is 0.486 e. The fourth-order valence-corrected chi connectivity index (χ4v) is 3.25. The molecule has 0 bridgehead atoms. The van der Waals surface area contributed by atoms with Gasteiger partial charge in [-0.25, -0.2) is 4.79 Å². The van der Waals surface area contributed by atoms with Gasteiger partial charge in [0.25, 0.3) is 0 Å². The molecular formula is C23H15NO4. The van der Waals surface area contributed by atoms with E-state index in [1.165, 1.54) is 6.07 Å². The third-order valence-electron chi connectivity index (χ3n) is 4.60. The second kappa shape index (κ2) is 6.70. The van der Waals surface area contributed by atoms with Crippen LogP contribution in [-0.4, -0.2) is 5.16 Å². The molecule has 5 aromatic rings. The average molecular weight is 369 g/mol. The molecule has 5 heteroatoms. The molecule has 2 aromatic heterocycles. The fraction of sp³-hybridized carbons (Fsp3) is 0.0435. The highest BCUT2D eigenvalue weighted by molar-refractivity contribution is 5.95. The molecule has 0 atom stereocenters. The second-order valence-electron chi connectivity index (χ2n) is 6.45. The van der Waals surface area contributed by atoms with Crippen LogP contribution in [0, 0.1) is 0 Å². The average Bonchev–Trinajstić information content (AvgIpc) is 3.20. The molecule has 5 rings (SSSR count). The summed E-state index contributed by atoms with van der Waals surface area (Å²) in [5.74, 6) is 1.28. The molecule has 0 radical (unpaired) electrons. The van der Waals surface area contributed by atoms with Crippen molar-refractivity contribution in [1.82, 2.24) is 5.16 Å². The molecule has 136 valence electrons. The van der Waals surface area contributed by atoms with Gasteiger partial charge < -0.3 is 13.7 Å². The zero-order valence-electron chi connectivity index (χ0n) is 14.8. The Kier molecular flexibility index (Phi) is 3.91. The maximum atomic E-state index is 11.3. The molecule has 2 heterocycles. The third kappa shape index (κ3) is 3.03. The van der Waals surface area contributed by atoms with Crippen molar-refractivity contribution in [2.24, 2.45) is 0 Å². The molecule has 0 aliphatic rings. The smallest absolute Gasteiger partial charge is 0.336 e. The number of rotatable bonds is 4. The zero-order valence-corrected chi connectivity index (χ0v) is 14.8. The van der Waals surface area contributed by atoms with Crippen molar-refractivity contribution >= 4 is 21.7 Å². The van der Waals surface area contributed by atoms with Gasteiger partial charge >= 0.3 is 5.63 Å². The van der Waals surface area contributed by atoms with Gasteiger partial charge in [-0.15, -0.1) is 0 Å². The summed E-state index contributed by atoms with van der Waals surface area (Å²) < 4.78 is 16.4. The van der Waals surface area contributed by atoms with Crippen molar-refractivity contribution in [3.05, 3.63) is 95.0 Å². The third-order valence-corrected chi connectivity index (χ3v) is 4.60. The maximum absolute atomic E-state index is 11.3. The van der Waals surface area contributed by atoms with Crippen molar-refractivity contribution in [3.63, 3.8) is 0 Å². The molecule has 0 fully saturated rings. The lowest BCUT2D eigenvalue weighted by atomic mass is 10.0. The van der Waals surface area contributed by atoms with Gasteiger partial charge in [-0.1, -0.05) is 47.6 Å². The predicted octanol–water partition coefficient (Wildman–Crippen LogP) is 5.18. The van der Waals surface area contributed by atoms with E-state index in [4.69, 9.17) is 13.7 Å². The maximum Gasteiger partial charge on any atom is 0.336 e. The zero-order chi connectivity index (χ0) is 18.9. The molecule has 0 N–H and O–H groups in total. The Hall–Kier alpha value is -3.86. The van der Waals surface area contributed by atoms with E-state index in [2.05, 4.69) is 23.4 Å². The molecule has 3 aromatic carbocycles. The van der Waals surface area contributed by atoms with Gasteiger partial charge in [-0.05, 0) is 35.0 Å². The second-order valence-corrected chi connectivity index (χ2v) is 6.45. The van der Waals surface area contributed by atoms with Crippen LogP contribution in [-0.2, 0) is 6.61 Å². The van der Waals surface area contributed by atoms with Crippen molar-refractivity contribution in [3.8, 4) is 17.0 Å². The Morgan fingerprint density at radius 1 is 0.857 bits per heavy atom. The van der Waals surface area contributed by atoms with E-state index in [1.807, 2.05) is 36.4 Å². The van der Waals surface area contributed by atoms with Crippen LogP contribution in [0.1, 0.15) is 5.76 Å². The van der Waals surface area contributed by atoms with Gasteiger partial charge in [-0.2, -0.15) is 0 Å². The molecule has 0 aliphatic heterocycles. The van der Waals surface area contributed by atoms with Crippen molar-refractivity contribution in [2.45, 2.75) is 6.61 Å². The highest BCUT2D eigenvalue weighted by atomic mass is 16.5. The number of nitrogens with zero attached hydrogens (tertiary/aromatic N) is 1. The summed E-state index contributed by atoms with van der Waals surface area (Å²) in [6, 6.07) is 24.6. The summed E-state index contributed by atoms with van der Waals surface area (Å²) in [6.07, 6.45) is 0.